The van der Waals surface area contributed by atoms with E-state index < -0.39 is 5.51 Å². The lowest BCUT2D eigenvalue weighted by Gasteiger charge is -2.36. The predicted molar refractivity (Wildman–Crippen MR) is 82.9 cm³/mol. The van der Waals surface area contributed by atoms with Gasteiger partial charge in [-0.05, 0) is 35.7 Å². The fourth-order valence-electron chi connectivity index (χ4n) is 3.11. The molecule has 0 bridgehead atoms. The minimum Gasteiger partial charge on any atom is -0.314 e. The van der Waals surface area contributed by atoms with Gasteiger partial charge >= 0.3 is 5.51 Å². The lowest BCUT2D eigenvalue weighted by Crippen LogP contribution is -2.45. The normalized spacial score (nSPS) is 21.8. The second kappa shape index (κ2) is 6.81. The summed E-state index contributed by atoms with van der Waals surface area (Å²) < 4.78 is 38.5. The lowest BCUT2D eigenvalue weighted by molar-refractivity contribution is -0.0328. The molecule has 1 aliphatic heterocycles. The Hall–Kier alpha value is -0.720. The van der Waals surface area contributed by atoms with Crippen LogP contribution in [-0.4, -0.2) is 36.6 Å². The zero-order chi connectivity index (χ0) is 15.6. The third kappa shape index (κ3) is 4.40. The summed E-state index contributed by atoms with van der Waals surface area (Å²) in [6.07, 6.45) is 3.42. The van der Waals surface area contributed by atoms with E-state index in [4.69, 9.17) is 0 Å². The van der Waals surface area contributed by atoms with Crippen molar-refractivity contribution in [1.82, 2.24) is 10.2 Å². The highest BCUT2D eigenvalue weighted by Gasteiger charge is 2.35. The molecule has 0 spiro atoms. The smallest absolute Gasteiger partial charge is 0.314 e. The van der Waals surface area contributed by atoms with Gasteiger partial charge in [-0.15, -0.1) is 0 Å². The third-order valence-corrected chi connectivity index (χ3v) is 5.17. The highest BCUT2D eigenvalue weighted by molar-refractivity contribution is 8.00. The Balaban J connectivity index is 1.85. The minimum atomic E-state index is -4.23. The Kier molecular flexibility index (Phi) is 5.00. The number of thioether (sulfide) groups is 1. The van der Waals surface area contributed by atoms with Gasteiger partial charge in [-0.2, -0.15) is 13.2 Å². The number of hydrogen-bond acceptors (Lipinski definition) is 3. The Morgan fingerprint density at radius 2 is 1.86 bits per heavy atom. The molecular formula is C16H21F3N2S. The quantitative estimate of drug-likeness (QED) is 0.820. The van der Waals surface area contributed by atoms with Crippen LogP contribution in [0.1, 0.15) is 30.9 Å². The molecule has 0 unspecified atom stereocenters. The molecule has 1 N–H and O–H groups in total. The van der Waals surface area contributed by atoms with Crippen molar-refractivity contribution in [2.24, 2.45) is 5.92 Å². The number of piperazine rings is 1. The molecule has 22 heavy (non-hydrogen) atoms. The predicted octanol–water partition coefficient (Wildman–Crippen LogP) is 4.04. The van der Waals surface area contributed by atoms with Crippen LogP contribution in [0.15, 0.2) is 29.2 Å². The van der Waals surface area contributed by atoms with Crippen molar-refractivity contribution < 1.29 is 13.2 Å². The van der Waals surface area contributed by atoms with E-state index in [1.807, 2.05) is 12.1 Å². The molecule has 1 aromatic rings. The molecule has 0 aromatic heterocycles. The second-order valence-corrected chi connectivity index (χ2v) is 7.17. The Labute approximate surface area is 133 Å². The molecule has 2 nitrogen and oxygen atoms in total. The summed E-state index contributed by atoms with van der Waals surface area (Å²) in [7, 11) is 0. The molecule has 3 rings (SSSR count). The van der Waals surface area contributed by atoms with Crippen molar-refractivity contribution in [1.29, 1.82) is 0 Å². The summed E-state index contributed by atoms with van der Waals surface area (Å²) in [5.41, 5.74) is -3.39. The van der Waals surface area contributed by atoms with Gasteiger partial charge in [0, 0.05) is 37.1 Å². The first-order valence-electron chi connectivity index (χ1n) is 7.82. The molecule has 1 atom stereocenters. The van der Waals surface area contributed by atoms with Crippen molar-refractivity contribution in [2.75, 3.05) is 26.2 Å². The summed E-state index contributed by atoms with van der Waals surface area (Å²) in [5.74, 6) is 0.684. The number of hydrogen-bond donors (Lipinski definition) is 1. The lowest BCUT2D eigenvalue weighted by atomic mass is 9.98. The standard InChI is InChI=1S/C16H21F3N2S/c17-16(18,19)22-15-4-2-1-3-13(15)14(11-12-5-6-12)21-9-7-20-8-10-21/h1-4,12,14,20H,5-11H2/t14-/m1/s1. The maximum Gasteiger partial charge on any atom is 0.446 e. The summed E-state index contributed by atoms with van der Waals surface area (Å²) in [6, 6.07) is 7.15. The van der Waals surface area contributed by atoms with Gasteiger partial charge < -0.3 is 5.32 Å². The highest BCUT2D eigenvalue weighted by Crippen LogP contribution is 2.45. The van der Waals surface area contributed by atoms with Gasteiger partial charge in [0.05, 0.1) is 0 Å². The van der Waals surface area contributed by atoms with E-state index in [0.29, 0.717) is 10.8 Å². The molecular weight excluding hydrogens is 309 g/mol. The van der Waals surface area contributed by atoms with Crippen LogP contribution in [0.3, 0.4) is 0 Å². The summed E-state index contributed by atoms with van der Waals surface area (Å²) in [6.45, 7) is 3.64. The van der Waals surface area contributed by atoms with E-state index in [0.717, 1.165) is 38.2 Å². The zero-order valence-electron chi connectivity index (χ0n) is 12.4. The average molecular weight is 330 g/mol. The van der Waals surface area contributed by atoms with Crippen LogP contribution < -0.4 is 5.32 Å². The van der Waals surface area contributed by atoms with Crippen LogP contribution in [0, 0.1) is 5.92 Å². The van der Waals surface area contributed by atoms with Crippen molar-refractivity contribution in [3.8, 4) is 0 Å². The maximum absolute atomic E-state index is 12.8. The van der Waals surface area contributed by atoms with E-state index in [2.05, 4.69) is 10.2 Å². The molecule has 1 aliphatic carbocycles. The third-order valence-electron chi connectivity index (χ3n) is 4.35. The molecule has 6 heteroatoms. The first-order chi connectivity index (χ1) is 10.5. The first kappa shape index (κ1) is 16.1. The van der Waals surface area contributed by atoms with Gasteiger partial charge in [0.1, 0.15) is 0 Å². The van der Waals surface area contributed by atoms with Crippen LogP contribution in [0.25, 0.3) is 0 Å². The van der Waals surface area contributed by atoms with E-state index in [9.17, 15) is 13.2 Å². The van der Waals surface area contributed by atoms with E-state index in [-0.39, 0.29) is 17.8 Å². The Morgan fingerprint density at radius 3 is 2.50 bits per heavy atom. The average Bonchev–Trinajstić information content (AvgIpc) is 3.29. The summed E-state index contributed by atoms with van der Waals surface area (Å²) in [4.78, 5) is 2.71. The van der Waals surface area contributed by atoms with E-state index in [1.165, 1.54) is 12.8 Å². The van der Waals surface area contributed by atoms with Crippen molar-refractivity contribution in [2.45, 2.75) is 35.7 Å². The summed E-state index contributed by atoms with van der Waals surface area (Å²) in [5, 5.41) is 3.32. The zero-order valence-corrected chi connectivity index (χ0v) is 13.2. The van der Waals surface area contributed by atoms with Crippen LogP contribution in [0.5, 0.6) is 0 Å². The van der Waals surface area contributed by atoms with Crippen LogP contribution >= 0.6 is 11.8 Å². The van der Waals surface area contributed by atoms with Gasteiger partial charge in [0.2, 0.25) is 0 Å². The van der Waals surface area contributed by atoms with Gasteiger partial charge in [-0.25, -0.2) is 0 Å². The number of benzene rings is 1. The van der Waals surface area contributed by atoms with E-state index in [1.54, 1.807) is 12.1 Å². The molecule has 2 fully saturated rings. The first-order valence-corrected chi connectivity index (χ1v) is 8.64. The van der Waals surface area contributed by atoms with E-state index >= 15 is 0 Å². The number of nitrogens with zero attached hydrogens (tertiary/aromatic N) is 1. The Morgan fingerprint density at radius 1 is 1.18 bits per heavy atom. The van der Waals surface area contributed by atoms with Crippen molar-refractivity contribution >= 4 is 11.8 Å². The molecule has 1 saturated heterocycles. The molecule has 122 valence electrons. The Bertz CT molecular complexity index is 496. The van der Waals surface area contributed by atoms with Crippen LogP contribution in [0.2, 0.25) is 0 Å². The highest BCUT2D eigenvalue weighted by atomic mass is 32.2. The minimum absolute atomic E-state index is 0.0249. The van der Waals surface area contributed by atoms with Gasteiger partial charge in [0.25, 0.3) is 0 Å². The molecule has 1 saturated carbocycles. The SMILES string of the molecule is FC(F)(F)Sc1ccccc1[C@@H](CC1CC1)N1CCNCC1. The van der Waals surface area contributed by atoms with Gasteiger partial charge in [-0.3, -0.25) is 4.90 Å². The topological polar surface area (TPSA) is 15.3 Å². The van der Waals surface area contributed by atoms with Gasteiger partial charge in [-0.1, -0.05) is 31.0 Å². The van der Waals surface area contributed by atoms with Crippen LogP contribution in [-0.2, 0) is 0 Å². The van der Waals surface area contributed by atoms with Crippen LogP contribution in [0.4, 0.5) is 13.2 Å². The second-order valence-electron chi connectivity index (χ2n) is 6.07. The number of nitrogens with one attached hydrogen (secondary N) is 1. The molecule has 1 heterocycles. The fraction of sp³-hybridized carbons (Fsp3) is 0.625. The number of halogens is 3. The monoisotopic (exact) mass is 330 g/mol. The van der Waals surface area contributed by atoms with Crippen molar-refractivity contribution in [3.63, 3.8) is 0 Å². The summed E-state index contributed by atoms with van der Waals surface area (Å²) >= 11 is 0.0249. The maximum atomic E-state index is 12.8. The number of alkyl halides is 3. The van der Waals surface area contributed by atoms with Crippen molar-refractivity contribution in [3.05, 3.63) is 29.8 Å². The number of rotatable bonds is 5. The fourth-order valence-corrected chi connectivity index (χ4v) is 3.83. The molecule has 2 aliphatic rings. The van der Waals surface area contributed by atoms with Gasteiger partial charge in [0.15, 0.2) is 0 Å². The molecule has 0 radical (unpaired) electrons. The largest absolute Gasteiger partial charge is 0.446 e. The molecule has 0 amide bonds. The molecule has 1 aromatic carbocycles.